The zero-order valence-electron chi connectivity index (χ0n) is 16.1. The summed E-state index contributed by atoms with van der Waals surface area (Å²) in [5.74, 6) is -5.54. The van der Waals surface area contributed by atoms with Crippen molar-refractivity contribution in [3.8, 4) is 0 Å². The summed E-state index contributed by atoms with van der Waals surface area (Å²) >= 11 is 7.91. The van der Waals surface area contributed by atoms with Gasteiger partial charge in [0.05, 0.1) is 12.5 Å². The minimum atomic E-state index is -1.67. The van der Waals surface area contributed by atoms with Gasteiger partial charge in [-0.1, -0.05) is 20.3 Å². The fourth-order valence-corrected chi connectivity index (χ4v) is 2.57. The smallest absolute Gasteiger partial charge is 0.326 e. The molecule has 29 heavy (non-hydrogen) atoms. The molecule has 7 N–H and O–H groups in total. The van der Waals surface area contributed by atoms with Crippen LogP contribution < -0.4 is 21.7 Å². The molecule has 3 amide bonds. The quantitative estimate of drug-likeness (QED) is 0.151. The van der Waals surface area contributed by atoms with Gasteiger partial charge in [-0.05, 0) is 5.92 Å². The first-order chi connectivity index (χ1) is 13.5. The van der Waals surface area contributed by atoms with Crippen LogP contribution in [0.4, 0.5) is 0 Å². The van der Waals surface area contributed by atoms with E-state index in [1.807, 2.05) is 6.92 Å². The predicted molar refractivity (Wildman–Crippen MR) is 111 cm³/mol. The highest BCUT2D eigenvalue weighted by molar-refractivity contribution is 7.80. The molecule has 0 fully saturated rings. The number of rotatable bonds is 13. The van der Waals surface area contributed by atoms with Crippen LogP contribution in [0.1, 0.15) is 26.7 Å². The van der Waals surface area contributed by atoms with Crippen LogP contribution in [0.25, 0.3) is 0 Å². The monoisotopic (exact) mass is 452 g/mol. The Labute approximate surface area is 179 Å². The van der Waals surface area contributed by atoms with E-state index < -0.39 is 60.2 Å². The lowest BCUT2D eigenvalue weighted by atomic mass is 9.97. The Morgan fingerprint density at radius 1 is 0.897 bits per heavy atom. The summed E-state index contributed by atoms with van der Waals surface area (Å²) in [5.41, 5.74) is 5.61. The molecule has 0 aliphatic rings. The highest BCUT2D eigenvalue weighted by Crippen LogP contribution is 2.09. The second-order valence-corrected chi connectivity index (χ2v) is 7.13. The Bertz CT molecular complexity index is 620. The molecule has 166 valence electrons. The highest BCUT2D eigenvalue weighted by Gasteiger charge is 2.32. The molecule has 5 atom stereocenters. The summed E-state index contributed by atoms with van der Waals surface area (Å²) in [6, 6.07) is -4.84. The third-order valence-electron chi connectivity index (χ3n) is 4.14. The van der Waals surface area contributed by atoms with E-state index in [9.17, 15) is 24.0 Å². The van der Waals surface area contributed by atoms with Crippen LogP contribution in [0.2, 0.25) is 0 Å². The Morgan fingerprint density at radius 2 is 1.45 bits per heavy atom. The van der Waals surface area contributed by atoms with E-state index in [0.29, 0.717) is 6.42 Å². The van der Waals surface area contributed by atoms with Gasteiger partial charge in [-0.15, -0.1) is 0 Å². The number of carbonyl (C=O) groups is 5. The van der Waals surface area contributed by atoms with Gasteiger partial charge in [0.25, 0.3) is 0 Å². The van der Waals surface area contributed by atoms with Crippen LogP contribution in [0.15, 0.2) is 0 Å². The van der Waals surface area contributed by atoms with Gasteiger partial charge in [0, 0.05) is 11.5 Å². The summed E-state index contributed by atoms with van der Waals surface area (Å²) in [6.45, 7) is 3.53. The van der Waals surface area contributed by atoms with E-state index in [1.165, 1.54) is 0 Å². The average Bonchev–Trinajstić information content (AvgIpc) is 2.67. The Morgan fingerprint density at radius 3 is 1.86 bits per heavy atom. The van der Waals surface area contributed by atoms with Gasteiger partial charge >= 0.3 is 11.9 Å². The van der Waals surface area contributed by atoms with Gasteiger partial charge in [-0.3, -0.25) is 19.2 Å². The van der Waals surface area contributed by atoms with E-state index >= 15 is 0 Å². The Balaban J connectivity index is 5.26. The van der Waals surface area contributed by atoms with Gasteiger partial charge in [0.15, 0.2) is 0 Å². The molecule has 13 heteroatoms. The molecule has 0 saturated carbocycles. The van der Waals surface area contributed by atoms with Crippen LogP contribution >= 0.6 is 25.3 Å². The van der Waals surface area contributed by atoms with Crippen LogP contribution in [0.3, 0.4) is 0 Å². The number of hydrogen-bond acceptors (Lipinski definition) is 8. The summed E-state index contributed by atoms with van der Waals surface area (Å²) in [7, 11) is 0. The second kappa shape index (κ2) is 13.3. The van der Waals surface area contributed by atoms with Gasteiger partial charge in [0.2, 0.25) is 17.7 Å². The van der Waals surface area contributed by atoms with Crippen molar-refractivity contribution < 1.29 is 34.2 Å². The third kappa shape index (κ3) is 9.37. The molecule has 11 nitrogen and oxygen atoms in total. The van der Waals surface area contributed by atoms with Crippen LogP contribution in [0.5, 0.6) is 0 Å². The largest absolute Gasteiger partial charge is 0.481 e. The van der Waals surface area contributed by atoms with E-state index in [2.05, 4.69) is 41.2 Å². The van der Waals surface area contributed by atoms with Crippen molar-refractivity contribution in [1.29, 1.82) is 0 Å². The topological polar surface area (TPSA) is 188 Å². The maximum absolute atomic E-state index is 12.7. The van der Waals surface area contributed by atoms with Crippen LogP contribution in [-0.4, -0.2) is 75.5 Å². The molecule has 0 aliphatic heterocycles. The highest BCUT2D eigenvalue weighted by atomic mass is 32.1. The zero-order valence-corrected chi connectivity index (χ0v) is 17.9. The number of nitrogens with two attached hydrogens (primary N) is 1. The Hall–Kier alpha value is -1.99. The van der Waals surface area contributed by atoms with Crippen molar-refractivity contribution in [2.75, 3.05) is 11.5 Å². The molecule has 0 aromatic rings. The lowest BCUT2D eigenvalue weighted by Gasteiger charge is -2.27. The van der Waals surface area contributed by atoms with E-state index in [1.54, 1.807) is 6.92 Å². The number of thiol groups is 2. The van der Waals surface area contributed by atoms with Crippen molar-refractivity contribution in [3.05, 3.63) is 0 Å². The van der Waals surface area contributed by atoms with E-state index in [0.717, 1.165) is 0 Å². The predicted octanol–water partition coefficient (Wildman–Crippen LogP) is -1.77. The number of carboxylic acid groups (broad SMARTS) is 2. The maximum Gasteiger partial charge on any atom is 0.326 e. The number of aliphatic carboxylic acids is 2. The standard InChI is InChI=1S/C16H28N4O7S2/c1-3-7(2)12(20-13(23)8(17)5-28)15(25)19-10(6-29)14(24)18-9(16(26)27)4-11(21)22/h7-10,12,28-29H,3-6,17H2,1-2H3,(H,18,24)(H,19,25)(H,20,23)(H,21,22)(H,26,27). The first-order valence-corrected chi connectivity index (χ1v) is 10.1. The second-order valence-electron chi connectivity index (χ2n) is 6.40. The van der Waals surface area contributed by atoms with Crippen molar-refractivity contribution in [2.24, 2.45) is 11.7 Å². The molecule has 0 bridgehead atoms. The third-order valence-corrected chi connectivity index (χ3v) is 4.89. The van der Waals surface area contributed by atoms with Crippen molar-refractivity contribution in [1.82, 2.24) is 16.0 Å². The molecule has 0 saturated heterocycles. The minimum absolute atomic E-state index is 0.0719. The molecule has 0 aliphatic carbocycles. The number of carbonyl (C=O) groups excluding carboxylic acids is 3. The number of hydrogen-bond donors (Lipinski definition) is 8. The number of amides is 3. The van der Waals surface area contributed by atoms with E-state index in [4.69, 9.17) is 15.9 Å². The van der Waals surface area contributed by atoms with Crippen LogP contribution in [0, 0.1) is 5.92 Å². The van der Waals surface area contributed by atoms with Gasteiger partial charge in [-0.2, -0.15) is 25.3 Å². The molecule has 0 spiro atoms. The van der Waals surface area contributed by atoms with Gasteiger partial charge in [-0.25, -0.2) is 4.79 Å². The normalized spacial score (nSPS) is 15.9. The lowest BCUT2D eigenvalue weighted by molar-refractivity contribution is -0.147. The molecular weight excluding hydrogens is 424 g/mol. The molecule has 0 aromatic carbocycles. The maximum atomic E-state index is 12.7. The fourth-order valence-electron chi connectivity index (χ4n) is 2.15. The van der Waals surface area contributed by atoms with Gasteiger partial charge < -0.3 is 31.9 Å². The van der Waals surface area contributed by atoms with Crippen LogP contribution in [-0.2, 0) is 24.0 Å². The first-order valence-electron chi connectivity index (χ1n) is 8.81. The summed E-state index contributed by atoms with van der Waals surface area (Å²) < 4.78 is 0. The fraction of sp³-hybridized carbons (Fsp3) is 0.688. The molecule has 5 unspecified atom stereocenters. The molecule has 0 heterocycles. The molecule has 0 rings (SSSR count). The van der Waals surface area contributed by atoms with Crippen molar-refractivity contribution in [2.45, 2.75) is 50.9 Å². The minimum Gasteiger partial charge on any atom is -0.481 e. The molecule has 0 aromatic heterocycles. The molecular formula is C16H28N4O7S2. The summed E-state index contributed by atoms with van der Waals surface area (Å²) in [6.07, 6.45) is -0.298. The van der Waals surface area contributed by atoms with Crippen molar-refractivity contribution >= 4 is 54.9 Å². The summed E-state index contributed by atoms with van der Waals surface area (Å²) in [4.78, 5) is 58.8. The first kappa shape index (κ1) is 27.0. The summed E-state index contributed by atoms with van der Waals surface area (Å²) in [5, 5.41) is 24.7. The van der Waals surface area contributed by atoms with Gasteiger partial charge in [0.1, 0.15) is 18.1 Å². The lowest BCUT2D eigenvalue weighted by Crippen LogP contribution is -2.59. The Kier molecular flexibility index (Phi) is 12.4. The molecule has 0 radical (unpaired) electrons. The number of nitrogens with one attached hydrogen (secondary N) is 3. The van der Waals surface area contributed by atoms with E-state index in [-0.39, 0.29) is 17.4 Å². The average molecular weight is 453 g/mol. The zero-order chi connectivity index (χ0) is 22.7. The SMILES string of the molecule is CCC(C)C(NC(=O)C(N)CS)C(=O)NC(CS)C(=O)NC(CC(=O)O)C(=O)O. The number of carboxylic acids is 2. The van der Waals surface area contributed by atoms with Crippen molar-refractivity contribution in [3.63, 3.8) is 0 Å².